The summed E-state index contributed by atoms with van der Waals surface area (Å²) in [5.74, 6) is -0.375. The van der Waals surface area contributed by atoms with Gasteiger partial charge in [-0.1, -0.05) is 38.1 Å². The van der Waals surface area contributed by atoms with E-state index in [0.717, 1.165) is 38.3 Å². The van der Waals surface area contributed by atoms with Gasteiger partial charge in [-0.15, -0.1) is 0 Å². The van der Waals surface area contributed by atoms with Gasteiger partial charge in [-0.3, -0.25) is 14.6 Å². The minimum atomic E-state index is -0.263. The van der Waals surface area contributed by atoms with Gasteiger partial charge >= 0.3 is 0 Å². The Balaban J connectivity index is 1.65. The van der Waals surface area contributed by atoms with Gasteiger partial charge in [-0.05, 0) is 48.5 Å². The molecule has 1 unspecified atom stereocenters. The topological polar surface area (TPSA) is 44.8 Å². The maximum Gasteiger partial charge on any atom is 0.251 e. The smallest absolute Gasteiger partial charge is 0.251 e. The van der Waals surface area contributed by atoms with Gasteiger partial charge in [-0.2, -0.15) is 0 Å². The summed E-state index contributed by atoms with van der Waals surface area (Å²) in [5.41, 5.74) is 2.70. The Morgan fingerprint density at radius 1 is 1.13 bits per heavy atom. The lowest BCUT2D eigenvalue weighted by atomic mass is 10.0. The molecule has 5 nitrogen and oxygen atoms in total. The van der Waals surface area contributed by atoms with E-state index >= 15 is 0 Å². The molecule has 3 rings (SSSR count). The molecule has 0 saturated carbocycles. The Kier molecular flexibility index (Phi) is 8.37. The molecule has 1 saturated heterocycles. The van der Waals surface area contributed by atoms with Crippen molar-refractivity contribution in [1.29, 1.82) is 0 Å². The highest BCUT2D eigenvalue weighted by Gasteiger charge is 2.23. The first-order valence-corrected chi connectivity index (χ1v) is 10.8. The first-order chi connectivity index (χ1) is 14.6. The second kappa shape index (κ2) is 11.2. The van der Waals surface area contributed by atoms with Crippen molar-refractivity contribution in [2.24, 2.45) is 0 Å². The molecule has 0 aromatic heterocycles. The van der Waals surface area contributed by atoms with Crippen molar-refractivity contribution < 1.29 is 13.9 Å². The maximum atomic E-state index is 13.8. The van der Waals surface area contributed by atoms with Crippen LogP contribution >= 0.6 is 0 Å². The average Bonchev–Trinajstić information content (AvgIpc) is 2.78. The second-order valence-corrected chi connectivity index (χ2v) is 7.59. The molecule has 1 N–H and O–H groups in total. The zero-order valence-electron chi connectivity index (χ0n) is 17.9. The van der Waals surface area contributed by atoms with E-state index < -0.39 is 0 Å². The van der Waals surface area contributed by atoms with Crippen LogP contribution in [0.15, 0.2) is 48.5 Å². The predicted molar refractivity (Wildman–Crippen MR) is 117 cm³/mol. The Hall–Kier alpha value is -2.28. The minimum absolute atomic E-state index is 0.0875. The highest BCUT2D eigenvalue weighted by molar-refractivity contribution is 5.94. The Morgan fingerprint density at radius 3 is 2.47 bits per heavy atom. The third kappa shape index (κ3) is 6.11. The highest BCUT2D eigenvalue weighted by atomic mass is 19.1. The average molecular weight is 414 g/mol. The van der Waals surface area contributed by atoms with Crippen LogP contribution in [0, 0.1) is 5.82 Å². The van der Waals surface area contributed by atoms with E-state index in [1.54, 1.807) is 12.1 Å². The van der Waals surface area contributed by atoms with Crippen molar-refractivity contribution in [2.75, 3.05) is 45.9 Å². The van der Waals surface area contributed by atoms with Gasteiger partial charge in [-0.25, -0.2) is 4.39 Å². The summed E-state index contributed by atoms with van der Waals surface area (Å²) in [5, 5.41) is 3.04. The Labute approximate surface area is 178 Å². The number of amides is 1. The zero-order chi connectivity index (χ0) is 21.3. The van der Waals surface area contributed by atoms with E-state index in [0.29, 0.717) is 25.3 Å². The van der Waals surface area contributed by atoms with Gasteiger partial charge in [0.25, 0.3) is 5.91 Å². The van der Waals surface area contributed by atoms with Crippen molar-refractivity contribution in [2.45, 2.75) is 26.4 Å². The van der Waals surface area contributed by atoms with Crippen LogP contribution in [0.25, 0.3) is 0 Å². The maximum absolute atomic E-state index is 13.8. The van der Waals surface area contributed by atoms with Crippen molar-refractivity contribution in [3.63, 3.8) is 0 Å². The molecule has 1 atom stereocenters. The summed E-state index contributed by atoms with van der Waals surface area (Å²) in [6, 6.07) is 14.3. The number of nitrogens with one attached hydrogen (secondary N) is 1. The van der Waals surface area contributed by atoms with Gasteiger partial charge in [0, 0.05) is 31.7 Å². The molecule has 1 amide bonds. The van der Waals surface area contributed by atoms with Crippen LogP contribution in [-0.2, 0) is 11.3 Å². The summed E-state index contributed by atoms with van der Waals surface area (Å²) in [4.78, 5) is 17.3. The lowest BCUT2D eigenvalue weighted by molar-refractivity contribution is 0.0162. The van der Waals surface area contributed by atoms with Gasteiger partial charge in [0.1, 0.15) is 5.82 Å². The molecule has 162 valence electrons. The molecule has 1 aliphatic rings. The van der Waals surface area contributed by atoms with Gasteiger partial charge in [0.2, 0.25) is 0 Å². The van der Waals surface area contributed by atoms with E-state index in [9.17, 15) is 9.18 Å². The molecule has 0 radical (unpaired) electrons. The highest BCUT2D eigenvalue weighted by Crippen LogP contribution is 2.22. The number of carbonyl (C=O) groups excluding carboxylic acids is 1. The second-order valence-electron chi connectivity index (χ2n) is 7.59. The van der Waals surface area contributed by atoms with Crippen molar-refractivity contribution in [1.82, 2.24) is 15.1 Å². The summed E-state index contributed by atoms with van der Waals surface area (Å²) in [7, 11) is 0. The number of hydrogen-bond donors (Lipinski definition) is 1. The molecule has 2 aromatic rings. The zero-order valence-corrected chi connectivity index (χ0v) is 17.9. The Morgan fingerprint density at radius 2 is 1.83 bits per heavy atom. The first kappa shape index (κ1) is 22.4. The van der Waals surface area contributed by atoms with Crippen LogP contribution in [-0.4, -0.2) is 61.6 Å². The van der Waals surface area contributed by atoms with E-state index in [1.807, 2.05) is 30.3 Å². The van der Waals surface area contributed by atoms with Crippen LogP contribution < -0.4 is 5.32 Å². The van der Waals surface area contributed by atoms with Crippen molar-refractivity contribution in [3.05, 3.63) is 71.0 Å². The number of morpholine rings is 1. The molecule has 1 aliphatic heterocycles. The fraction of sp³-hybridized carbons (Fsp3) is 0.458. The summed E-state index contributed by atoms with van der Waals surface area (Å²) in [6.45, 7) is 10.4. The normalized spacial score (nSPS) is 15.9. The van der Waals surface area contributed by atoms with E-state index in [-0.39, 0.29) is 17.8 Å². The summed E-state index contributed by atoms with van der Waals surface area (Å²) >= 11 is 0. The molecule has 0 aliphatic carbocycles. The standard InChI is InChI=1S/C24H32FN3O2/c1-3-27(4-2)18-19-8-10-20(11-9-19)24(29)26-17-23(28-12-14-30-15-13-28)21-6-5-7-22(25)16-21/h5-11,16,23H,3-4,12-15,17-18H2,1-2H3,(H,26,29). The quantitative estimate of drug-likeness (QED) is 0.684. The fourth-order valence-electron chi connectivity index (χ4n) is 3.82. The molecule has 1 fully saturated rings. The number of carbonyl (C=O) groups is 1. The lowest BCUT2D eigenvalue weighted by Crippen LogP contribution is -2.43. The molecule has 1 heterocycles. The third-order valence-electron chi connectivity index (χ3n) is 5.69. The van der Waals surface area contributed by atoms with Gasteiger partial charge < -0.3 is 10.1 Å². The van der Waals surface area contributed by atoms with Gasteiger partial charge in [0.05, 0.1) is 19.3 Å². The number of rotatable bonds is 9. The van der Waals surface area contributed by atoms with Crippen molar-refractivity contribution in [3.8, 4) is 0 Å². The summed E-state index contributed by atoms with van der Waals surface area (Å²) < 4.78 is 19.3. The summed E-state index contributed by atoms with van der Waals surface area (Å²) in [6.07, 6.45) is 0. The Bertz CT molecular complexity index is 802. The third-order valence-corrected chi connectivity index (χ3v) is 5.69. The number of ether oxygens (including phenoxy) is 1. The molecule has 30 heavy (non-hydrogen) atoms. The van der Waals surface area contributed by atoms with Crippen LogP contribution in [0.1, 0.15) is 41.4 Å². The van der Waals surface area contributed by atoms with Crippen LogP contribution in [0.5, 0.6) is 0 Å². The number of hydrogen-bond acceptors (Lipinski definition) is 4. The number of benzene rings is 2. The molecular formula is C24H32FN3O2. The van der Waals surface area contributed by atoms with E-state index in [4.69, 9.17) is 4.74 Å². The largest absolute Gasteiger partial charge is 0.379 e. The van der Waals surface area contributed by atoms with E-state index in [1.165, 1.54) is 11.6 Å². The molecular weight excluding hydrogens is 381 g/mol. The SMILES string of the molecule is CCN(CC)Cc1ccc(C(=O)NCC(c2cccc(F)c2)N2CCOCC2)cc1. The van der Waals surface area contributed by atoms with Crippen LogP contribution in [0.4, 0.5) is 4.39 Å². The number of halogens is 1. The first-order valence-electron chi connectivity index (χ1n) is 10.8. The minimum Gasteiger partial charge on any atom is -0.379 e. The van der Waals surface area contributed by atoms with Crippen molar-refractivity contribution >= 4 is 5.91 Å². The predicted octanol–water partition coefficient (Wildman–Crippen LogP) is 3.47. The van der Waals surface area contributed by atoms with Crippen LogP contribution in [0.2, 0.25) is 0 Å². The van der Waals surface area contributed by atoms with E-state index in [2.05, 4.69) is 29.0 Å². The molecule has 2 aromatic carbocycles. The lowest BCUT2D eigenvalue weighted by Gasteiger charge is -2.35. The number of nitrogens with zero attached hydrogens (tertiary/aromatic N) is 2. The monoisotopic (exact) mass is 413 g/mol. The molecule has 0 bridgehead atoms. The van der Waals surface area contributed by atoms with Crippen LogP contribution in [0.3, 0.4) is 0 Å². The fourth-order valence-corrected chi connectivity index (χ4v) is 3.82. The molecule has 0 spiro atoms. The van der Waals surface area contributed by atoms with Gasteiger partial charge in [0.15, 0.2) is 0 Å². The molecule has 6 heteroatoms.